The van der Waals surface area contributed by atoms with E-state index in [1.807, 2.05) is 30.3 Å². The van der Waals surface area contributed by atoms with Gasteiger partial charge in [-0.25, -0.2) is 4.79 Å². The van der Waals surface area contributed by atoms with E-state index in [1.54, 1.807) is 30.5 Å². The number of carbonyl (C=O) groups excluding carboxylic acids is 1. The maximum absolute atomic E-state index is 12.8. The zero-order chi connectivity index (χ0) is 17.5. The van der Waals surface area contributed by atoms with Gasteiger partial charge in [0.05, 0.1) is 31.6 Å². The van der Waals surface area contributed by atoms with Crippen molar-refractivity contribution in [3.63, 3.8) is 0 Å². The molecule has 1 atom stereocenters. The molecule has 0 saturated carbocycles. The summed E-state index contributed by atoms with van der Waals surface area (Å²) in [5, 5.41) is 2.90. The zero-order valence-corrected chi connectivity index (χ0v) is 14.4. The Bertz CT molecular complexity index is 687. The van der Waals surface area contributed by atoms with E-state index in [-0.39, 0.29) is 12.1 Å². The van der Waals surface area contributed by atoms with E-state index >= 15 is 0 Å². The molecular formula is C19H23N3O3. The van der Waals surface area contributed by atoms with Gasteiger partial charge in [0.15, 0.2) is 0 Å². The molecule has 132 valence electrons. The maximum atomic E-state index is 12.8. The molecule has 2 aromatic rings. The summed E-state index contributed by atoms with van der Waals surface area (Å²) < 4.78 is 11.1. The first-order valence-corrected chi connectivity index (χ1v) is 8.45. The second-order valence-electron chi connectivity index (χ2n) is 6.00. The van der Waals surface area contributed by atoms with Gasteiger partial charge in [0.25, 0.3) is 0 Å². The molecule has 0 bridgehead atoms. The van der Waals surface area contributed by atoms with Gasteiger partial charge in [-0.05, 0) is 31.0 Å². The van der Waals surface area contributed by atoms with Crippen molar-refractivity contribution >= 4 is 11.7 Å². The van der Waals surface area contributed by atoms with E-state index in [0.29, 0.717) is 18.8 Å². The third-order valence-corrected chi connectivity index (χ3v) is 4.20. The number of aromatic nitrogens is 1. The highest BCUT2D eigenvalue weighted by molar-refractivity contribution is 5.89. The molecule has 2 amide bonds. The van der Waals surface area contributed by atoms with E-state index in [0.717, 1.165) is 30.8 Å². The Morgan fingerprint density at radius 1 is 1.36 bits per heavy atom. The summed E-state index contributed by atoms with van der Waals surface area (Å²) in [7, 11) is 1.64. The SMILES string of the molecule is COc1ccccc1CN(C[C@H]1CCCO1)C(=O)Nc1cccnc1. The third kappa shape index (κ3) is 4.70. The summed E-state index contributed by atoms with van der Waals surface area (Å²) in [5.74, 6) is 0.772. The number of benzene rings is 1. The smallest absolute Gasteiger partial charge is 0.322 e. The van der Waals surface area contributed by atoms with Crippen molar-refractivity contribution in [3.8, 4) is 5.75 Å². The number of pyridine rings is 1. The molecule has 1 saturated heterocycles. The molecule has 6 heteroatoms. The number of anilines is 1. The fourth-order valence-corrected chi connectivity index (χ4v) is 2.93. The largest absolute Gasteiger partial charge is 0.496 e. The quantitative estimate of drug-likeness (QED) is 0.875. The predicted molar refractivity (Wildman–Crippen MR) is 95.6 cm³/mol. The van der Waals surface area contributed by atoms with Crippen LogP contribution in [0.1, 0.15) is 18.4 Å². The van der Waals surface area contributed by atoms with Crippen LogP contribution in [-0.2, 0) is 11.3 Å². The Morgan fingerprint density at radius 3 is 2.96 bits per heavy atom. The van der Waals surface area contributed by atoms with Gasteiger partial charge in [-0.2, -0.15) is 0 Å². The molecule has 0 radical (unpaired) electrons. The second-order valence-corrected chi connectivity index (χ2v) is 6.00. The first-order chi connectivity index (χ1) is 12.3. The average molecular weight is 341 g/mol. The number of hydrogen-bond donors (Lipinski definition) is 1. The summed E-state index contributed by atoms with van der Waals surface area (Å²) in [6, 6.07) is 11.2. The van der Waals surface area contributed by atoms with Crippen LogP contribution < -0.4 is 10.1 Å². The molecule has 25 heavy (non-hydrogen) atoms. The van der Waals surface area contributed by atoms with Crippen molar-refractivity contribution in [2.75, 3.05) is 25.6 Å². The van der Waals surface area contributed by atoms with Gasteiger partial charge in [-0.1, -0.05) is 18.2 Å². The van der Waals surface area contributed by atoms with Gasteiger partial charge >= 0.3 is 6.03 Å². The number of nitrogens with one attached hydrogen (secondary N) is 1. The molecule has 0 spiro atoms. The lowest BCUT2D eigenvalue weighted by atomic mass is 10.1. The van der Waals surface area contributed by atoms with Crippen molar-refractivity contribution < 1.29 is 14.3 Å². The van der Waals surface area contributed by atoms with Crippen LogP contribution in [-0.4, -0.2) is 42.3 Å². The molecule has 1 aliphatic rings. The standard InChI is InChI=1S/C19H23N3O3/c1-24-18-9-3-2-6-15(18)13-22(14-17-8-5-11-25-17)19(23)21-16-7-4-10-20-12-16/h2-4,6-7,9-10,12,17H,5,8,11,13-14H2,1H3,(H,21,23)/t17-/m1/s1. The van der Waals surface area contributed by atoms with Gasteiger partial charge < -0.3 is 19.7 Å². The van der Waals surface area contributed by atoms with Crippen LogP contribution in [0.25, 0.3) is 0 Å². The molecular weight excluding hydrogens is 318 g/mol. The van der Waals surface area contributed by atoms with E-state index in [9.17, 15) is 4.79 Å². The Morgan fingerprint density at radius 2 is 2.24 bits per heavy atom. The highest BCUT2D eigenvalue weighted by Crippen LogP contribution is 2.22. The predicted octanol–water partition coefficient (Wildman–Crippen LogP) is 3.30. The summed E-state index contributed by atoms with van der Waals surface area (Å²) in [6.07, 6.45) is 5.40. The van der Waals surface area contributed by atoms with Crippen molar-refractivity contribution in [1.82, 2.24) is 9.88 Å². The van der Waals surface area contributed by atoms with Gasteiger partial charge in [0.1, 0.15) is 5.75 Å². The van der Waals surface area contributed by atoms with Gasteiger partial charge in [-0.15, -0.1) is 0 Å². The lowest BCUT2D eigenvalue weighted by molar-refractivity contribution is 0.0817. The Balaban J connectivity index is 1.75. The minimum atomic E-state index is -0.172. The monoisotopic (exact) mass is 341 g/mol. The molecule has 1 fully saturated rings. The summed E-state index contributed by atoms with van der Waals surface area (Å²) >= 11 is 0. The van der Waals surface area contributed by atoms with Gasteiger partial charge in [0, 0.05) is 24.9 Å². The Kier molecular flexibility index (Phi) is 5.85. The second kappa shape index (κ2) is 8.48. The number of urea groups is 1. The van der Waals surface area contributed by atoms with E-state index in [4.69, 9.17) is 9.47 Å². The van der Waals surface area contributed by atoms with Crippen LogP contribution in [0.4, 0.5) is 10.5 Å². The Labute approximate surface area is 147 Å². The maximum Gasteiger partial charge on any atom is 0.322 e. The van der Waals surface area contributed by atoms with Crippen molar-refractivity contribution in [2.45, 2.75) is 25.5 Å². The summed E-state index contributed by atoms with van der Waals surface area (Å²) in [6.45, 7) is 1.76. The topological polar surface area (TPSA) is 63.7 Å². The van der Waals surface area contributed by atoms with Crippen LogP contribution in [0.5, 0.6) is 5.75 Å². The number of hydrogen-bond acceptors (Lipinski definition) is 4. The number of rotatable bonds is 6. The fraction of sp³-hybridized carbons (Fsp3) is 0.368. The van der Waals surface area contributed by atoms with Crippen LogP contribution in [0.15, 0.2) is 48.8 Å². The average Bonchev–Trinajstić information content (AvgIpc) is 3.15. The minimum absolute atomic E-state index is 0.0781. The molecule has 1 aromatic carbocycles. The molecule has 2 heterocycles. The Hall–Kier alpha value is -2.60. The van der Waals surface area contributed by atoms with Crippen LogP contribution in [0.2, 0.25) is 0 Å². The number of amides is 2. The van der Waals surface area contributed by atoms with Gasteiger partial charge in [-0.3, -0.25) is 4.98 Å². The lowest BCUT2D eigenvalue weighted by Gasteiger charge is -2.26. The minimum Gasteiger partial charge on any atom is -0.496 e. The number of ether oxygens (including phenoxy) is 2. The number of para-hydroxylation sites is 1. The first-order valence-electron chi connectivity index (χ1n) is 8.45. The van der Waals surface area contributed by atoms with Crippen molar-refractivity contribution in [1.29, 1.82) is 0 Å². The van der Waals surface area contributed by atoms with Crippen molar-refractivity contribution in [3.05, 3.63) is 54.4 Å². The number of nitrogens with zero attached hydrogens (tertiary/aromatic N) is 2. The zero-order valence-electron chi connectivity index (χ0n) is 14.4. The molecule has 1 aliphatic heterocycles. The van der Waals surface area contributed by atoms with E-state index in [1.165, 1.54) is 0 Å². The highest BCUT2D eigenvalue weighted by Gasteiger charge is 2.23. The number of methoxy groups -OCH3 is 1. The molecule has 0 aliphatic carbocycles. The third-order valence-electron chi connectivity index (χ3n) is 4.20. The van der Waals surface area contributed by atoms with Crippen LogP contribution >= 0.6 is 0 Å². The lowest BCUT2D eigenvalue weighted by Crippen LogP contribution is -2.39. The van der Waals surface area contributed by atoms with E-state index < -0.39 is 0 Å². The summed E-state index contributed by atoms with van der Waals surface area (Å²) in [4.78, 5) is 18.6. The van der Waals surface area contributed by atoms with Gasteiger partial charge in [0.2, 0.25) is 0 Å². The molecule has 1 N–H and O–H groups in total. The van der Waals surface area contributed by atoms with Crippen molar-refractivity contribution in [2.24, 2.45) is 0 Å². The molecule has 3 rings (SSSR count). The fourth-order valence-electron chi connectivity index (χ4n) is 2.93. The first kappa shape index (κ1) is 17.2. The van der Waals surface area contributed by atoms with Crippen LogP contribution in [0.3, 0.4) is 0 Å². The molecule has 6 nitrogen and oxygen atoms in total. The molecule has 1 aromatic heterocycles. The van der Waals surface area contributed by atoms with Crippen LogP contribution in [0, 0.1) is 0 Å². The number of carbonyl (C=O) groups is 1. The highest BCUT2D eigenvalue weighted by atomic mass is 16.5. The molecule has 0 unspecified atom stereocenters. The normalized spacial score (nSPS) is 16.4. The van der Waals surface area contributed by atoms with E-state index in [2.05, 4.69) is 10.3 Å². The summed E-state index contributed by atoms with van der Waals surface area (Å²) in [5.41, 5.74) is 1.63.